The van der Waals surface area contributed by atoms with Crippen molar-refractivity contribution in [3.63, 3.8) is 0 Å². The van der Waals surface area contributed by atoms with Crippen LogP contribution in [0, 0.1) is 6.92 Å². The maximum absolute atomic E-state index is 12.5. The Kier molecular flexibility index (Phi) is 6.30. The summed E-state index contributed by atoms with van der Waals surface area (Å²) in [6, 6.07) is 14.4. The van der Waals surface area contributed by atoms with E-state index in [-0.39, 0.29) is 4.90 Å². The normalized spacial score (nSPS) is 12.6. The van der Waals surface area contributed by atoms with Crippen molar-refractivity contribution < 1.29 is 18.3 Å². The van der Waals surface area contributed by atoms with E-state index in [4.69, 9.17) is 0 Å². The van der Waals surface area contributed by atoms with Crippen LogP contribution in [0.4, 0.5) is 0 Å². The van der Waals surface area contributed by atoms with Crippen LogP contribution in [0.2, 0.25) is 0 Å². The lowest BCUT2D eigenvalue weighted by Gasteiger charge is -2.23. The molecule has 0 heterocycles. The molecule has 0 saturated carbocycles. The van der Waals surface area contributed by atoms with Gasteiger partial charge in [-0.25, -0.2) is 8.42 Å². The van der Waals surface area contributed by atoms with E-state index in [0.29, 0.717) is 6.54 Å². The third kappa shape index (κ3) is 5.12. The first-order valence-corrected chi connectivity index (χ1v) is 9.30. The van der Waals surface area contributed by atoms with E-state index in [1.165, 1.54) is 17.0 Å². The van der Waals surface area contributed by atoms with Gasteiger partial charge in [-0.1, -0.05) is 48.0 Å². The van der Waals surface area contributed by atoms with Crippen molar-refractivity contribution >= 4 is 15.9 Å². The quantitative estimate of drug-likeness (QED) is 0.777. The van der Waals surface area contributed by atoms with Crippen LogP contribution in [0.1, 0.15) is 11.1 Å². The molecule has 7 heteroatoms. The summed E-state index contributed by atoms with van der Waals surface area (Å²) < 4.78 is 27.1. The minimum atomic E-state index is -3.90. The highest BCUT2D eigenvalue weighted by Crippen LogP contribution is 2.11. The third-order valence-electron chi connectivity index (χ3n) is 3.75. The first-order valence-electron chi connectivity index (χ1n) is 7.82. The molecule has 0 aliphatic heterocycles. The van der Waals surface area contributed by atoms with Gasteiger partial charge in [0.1, 0.15) is 6.04 Å². The highest BCUT2D eigenvalue weighted by Gasteiger charge is 2.27. The van der Waals surface area contributed by atoms with Crippen LogP contribution in [-0.2, 0) is 21.4 Å². The fraction of sp³-hybridized carbons (Fsp3) is 0.278. The third-order valence-corrected chi connectivity index (χ3v) is 5.24. The number of sulfonamides is 1. The van der Waals surface area contributed by atoms with Crippen LogP contribution in [-0.4, -0.2) is 44.0 Å². The summed E-state index contributed by atoms with van der Waals surface area (Å²) in [6.07, 6.45) is 0. The molecular formula is C18H22N2O4S. The number of amides is 1. The number of nitrogens with zero attached hydrogens (tertiary/aromatic N) is 1. The molecule has 1 amide bonds. The van der Waals surface area contributed by atoms with Gasteiger partial charge in [0.15, 0.2) is 0 Å². The van der Waals surface area contributed by atoms with Gasteiger partial charge in [0.25, 0.3) is 0 Å². The van der Waals surface area contributed by atoms with Crippen molar-refractivity contribution in [3.8, 4) is 0 Å². The minimum absolute atomic E-state index is 0.0510. The number of rotatable bonds is 7. The van der Waals surface area contributed by atoms with Crippen LogP contribution in [0.25, 0.3) is 0 Å². The molecule has 0 fully saturated rings. The number of likely N-dealkylation sites (N-methyl/N-ethyl adjacent to an activating group) is 1. The molecule has 0 bridgehead atoms. The van der Waals surface area contributed by atoms with E-state index in [1.54, 1.807) is 19.2 Å². The fourth-order valence-corrected chi connectivity index (χ4v) is 3.52. The zero-order valence-electron chi connectivity index (χ0n) is 14.2. The first-order chi connectivity index (χ1) is 11.8. The molecule has 25 heavy (non-hydrogen) atoms. The number of carbonyl (C=O) groups excluding carboxylic acids is 1. The second-order valence-electron chi connectivity index (χ2n) is 5.85. The van der Waals surface area contributed by atoms with Crippen molar-refractivity contribution in [1.29, 1.82) is 0 Å². The zero-order chi connectivity index (χ0) is 18.4. The standard InChI is InChI=1S/C18H22N2O4S/c1-14-8-10-16(11-9-14)25(23,24)19-17(13-21)18(22)20(2)12-15-6-4-3-5-7-15/h3-11,17,19,21H,12-13H2,1-2H3. The molecule has 2 aromatic carbocycles. The maximum Gasteiger partial charge on any atom is 0.243 e. The van der Waals surface area contributed by atoms with E-state index in [0.717, 1.165) is 11.1 Å². The van der Waals surface area contributed by atoms with Gasteiger partial charge in [0.2, 0.25) is 15.9 Å². The lowest BCUT2D eigenvalue weighted by Crippen LogP contribution is -2.49. The summed E-state index contributed by atoms with van der Waals surface area (Å²) in [4.78, 5) is 13.9. The Balaban J connectivity index is 2.10. The van der Waals surface area contributed by atoms with E-state index < -0.39 is 28.6 Å². The van der Waals surface area contributed by atoms with Crippen LogP contribution in [0.15, 0.2) is 59.5 Å². The van der Waals surface area contributed by atoms with Crippen molar-refractivity contribution in [2.45, 2.75) is 24.4 Å². The molecule has 0 saturated heterocycles. The monoisotopic (exact) mass is 362 g/mol. The highest BCUT2D eigenvalue weighted by molar-refractivity contribution is 7.89. The Morgan fingerprint density at radius 1 is 1.12 bits per heavy atom. The molecule has 2 rings (SSSR count). The number of aliphatic hydroxyl groups is 1. The van der Waals surface area contributed by atoms with Crippen LogP contribution >= 0.6 is 0 Å². The van der Waals surface area contributed by atoms with E-state index in [1.807, 2.05) is 37.3 Å². The lowest BCUT2D eigenvalue weighted by atomic mass is 10.2. The maximum atomic E-state index is 12.5. The molecule has 0 aromatic heterocycles. The molecule has 2 aromatic rings. The van der Waals surface area contributed by atoms with Crippen LogP contribution in [0.3, 0.4) is 0 Å². The predicted octanol–water partition coefficient (Wildman–Crippen LogP) is 1.29. The van der Waals surface area contributed by atoms with Gasteiger partial charge in [-0.2, -0.15) is 4.72 Å². The van der Waals surface area contributed by atoms with Gasteiger partial charge in [-0.15, -0.1) is 0 Å². The van der Waals surface area contributed by atoms with Crippen molar-refractivity contribution in [1.82, 2.24) is 9.62 Å². The molecule has 134 valence electrons. The number of hydrogen-bond acceptors (Lipinski definition) is 4. The molecule has 0 aliphatic carbocycles. The highest BCUT2D eigenvalue weighted by atomic mass is 32.2. The van der Waals surface area contributed by atoms with Gasteiger partial charge in [0.05, 0.1) is 11.5 Å². The van der Waals surface area contributed by atoms with Crippen molar-refractivity contribution in [2.24, 2.45) is 0 Å². The molecular weight excluding hydrogens is 340 g/mol. The number of hydrogen-bond donors (Lipinski definition) is 2. The average Bonchev–Trinajstić information content (AvgIpc) is 2.60. The summed E-state index contributed by atoms with van der Waals surface area (Å²) in [5.41, 5.74) is 1.84. The molecule has 0 aliphatic rings. The Bertz CT molecular complexity index is 805. The summed E-state index contributed by atoms with van der Waals surface area (Å²) in [5.74, 6) is -0.498. The van der Waals surface area contributed by atoms with Crippen LogP contribution in [0.5, 0.6) is 0 Å². The Hall–Kier alpha value is -2.22. The summed E-state index contributed by atoms with van der Waals surface area (Å²) in [7, 11) is -2.33. The van der Waals surface area contributed by atoms with Gasteiger partial charge in [0, 0.05) is 13.6 Å². The molecule has 6 nitrogen and oxygen atoms in total. The van der Waals surface area contributed by atoms with E-state index in [9.17, 15) is 18.3 Å². The van der Waals surface area contributed by atoms with Gasteiger partial charge < -0.3 is 10.0 Å². The largest absolute Gasteiger partial charge is 0.394 e. The van der Waals surface area contributed by atoms with E-state index >= 15 is 0 Å². The topological polar surface area (TPSA) is 86.7 Å². The Labute approximate surface area is 148 Å². The molecule has 1 unspecified atom stereocenters. The van der Waals surface area contributed by atoms with Crippen LogP contribution < -0.4 is 4.72 Å². The first kappa shape index (κ1) is 19.1. The fourth-order valence-electron chi connectivity index (χ4n) is 2.34. The smallest absolute Gasteiger partial charge is 0.243 e. The molecule has 1 atom stereocenters. The number of aryl methyl sites for hydroxylation is 1. The summed E-state index contributed by atoms with van der Waals surface area (Å²) in [5, 5.41) is 9.49. The summed E-state index contributed by atoms with van der Waals surface area (Å²) >= 11 is 0. The Morgan fingerprint density at radius 3 is 2.28 bits per heavy atom. The minimum Gasteiger partial charge on any atom is -0.394 e. The van der Waals surface area contributed by atoms with Crippen molar-refractivity contribution in [3.05, 3.63) is 65.7 Å². The second kappa shape index (κ2) is 8.24. The predicted molar refractivity (Wildman–Crippen MR) is 95.3 cm³/mol. The second-order valence-corrected chi connectivity index (χ2v) is 7.56. The molecule has 0 radical (unpaired) electrons. The number of nitrogens with one attached hydrogen (secondary N) is 1. The molecule has 2 N–H and O–H groups in total. The lowest BCUT2D eigenvalue weighted by molar-refractivity contribution is -0.133. The zero-order valence-corrected chi connectivity index (χ0v) is 15.0. The number of benzene rings is 2. The van der Waals surface area contributed by atoms with Gasteiger partial charge in [-0.05, 0) is 24.6 Å². The van der Waals surface area contributed by atoms with E-state index in [2.05, 4.69) is 4.72 Å². The average molecular weight is 362 g/mol. The molecule has 0 spiro atoms. The number of aliphatic hydroxyl groups excluding tert-OH is 1. The van der Waals surface area contributed by atoms with Crippen molar-refractivity contribution in [2.75, 3.05) is 13.7 Å². The summed E-state index contributed by atoms with van der Waals surface area (Å²) in [6.45, 7) is 1.55. The van der Waals surface area contributed by atoms with Gasteiger partial charge >= 0.3 is 0 Å². The van der Waals surface area contributed by atoms with Gasteiger partial charge in [-0.3, -0.25) is 4.79 Å². The number of carbonyl (C=O) groups is 1. The SMILES string of the molecule is Cc1ccc(S(=O)(=O)NC(CO)C(=O)N(C)Cc2ccccc2)cc1. The Morgan fingerprint density at radius 2 is 1.72 bits per heavy atom.